The molecule has 1 radical (unpaired) electrons. The van der Waals surface area contributed by atoms with Gasteiger partial charge in [0.15, 0.2) is 5.82 Å². The van der Waals surface area contributed by atoms with E-state index in [4.69, 9.17) is 11.6 Å². The van der Waals surface area contributed by atoms with Gasteiger partial charge in [-0.3, -0.25) is 0 Å². The van der Waals surface area contributed by atoms with Gasteiger partial charge in [-0.1, -0.05) is 11.6 Å². The number of nitrogens with zero attached hydrogens (tertiary/aromatic N) is 3. The number of aromatic nitrogens is 3. The molecule has 0 saturated carbocycles. The number of anilines is 2. The zero-order valence-corrected chi connectivity index (χ0v) is 12.2. The molecule has 3 rings (SSSR count). The van der Waals surface area contributed by atoms with Gasteiger partial charge < -0.3 is 5.32 Å². The monoisotopic (exact) mass is 303 g/mol. The number of rotatable bonds is 3. The van der Waals surface area contributed by atoms with Gasteiger partial charge in [-0.2, -0.15) is 5.10 Å². The van der Waals surface area contributed by atoms with E-state index in [0.29, 0.717) is 17.9 Å². The third-order valence-electron chi connectivity index (χ3n) is 3.38. The summed E-state index contributed by atoms with van der Waals surface area (Å²) in [6.07, 6.45) is 4.08. The molecule has 2 aromatic heterocycles. The fraction of sp³-hybridized carbons (Fsp3) is 0.133. The average Bonchev–Trinajstić information content (AvgIpc) is 2.80. The van der Waals surface area contributed by atoms with Crippen molar-refractivity contribution < 1.29 is 4.39 Å². The number of hydrogen-bond acceptors (Lipinski definition) is 3. The van der Waals surface area contributed by atoms with Gasteiger partial charge in [0.1, 0.15) is 17.7 Å². The summed E-state index contributed by atoms with van der Waals surface area (Å²) in [5.41, 5.74) is 3.72. The van der Waals surface area contributed by atoms with Crippen LogP contribution in [0.1, 0.15) is 11.1 Å². The van der Waals surface area contributed by atoms with Crippen molar-refractivity contribution in [2.24, 2.45) is 0 Å². The van der Waals surface area contributed by atoms with Crippen molar-refractivity contribution >= 4 is 28.6 Å². The van der Waals surface area contributed by atoms with E-state index in [0.717, 1.165) is 16.6 Å². The third kappa shape index (κ3) is 2.45. The van der Waals surface area contributed by atoms with Crippen molar-refractivity contribution in [3.8, 4) is 0 Å². The molecule has 0 bridgehead atoms. The maximum atomic E-state index is 13.2. The molecule has 0 aliphatic heterocycles. The highest BCUT2D eigenvalue weighted by molar-refractivity contribution is 6.31. The normalized spacial score (nSPS) is 11.0. The van der Waals surface area contributed by atoms with E-state index in [-0.39, 0.29) is 5.02 Å². The minimum absolute atomic E-state index is 0.0654. The summed E-state index contributed by atoms with van der Waals surface area (Å²) < 4.78 is 15.0. The van der Waals surface area contributed by atoms with E-state index in [1.165, 1.54) is 18.5 Å². The lowest BCUT2D eigenvalue weighted by atomic mass is 10.1. The van der Waals surface area contributed by atoms with Crippen molar-refractivity contribution in [2.75, 3.05) is 5.32 Å². The van der Waals surface area contributed by atoms with Crippen LogP contribution < -0.4 is 5.32 Å². The third-order valence-corrected chi connectivity index (χ3v) is 3.67. The molecule has 107 valence electrons. The first kappa shape index (κ1) is 13.8. The number of nitrogens with one attached hydrogen (secondary N) is 1. The smallest absolute Gasteiger partial charge is 0.158 e. The number of aryl methyl sites for hydroxylation is 1. The highest BCUT2D eigenvalue weighted by atomic mass is 35.5. The van der Waals surface area contributed by atoms with Gasteiger partial charge in [0.2, 0.25) is 0 Å². The molecule has 0 aliphatic rings. The first-order valence-corrected chi connectivity index (χ1v) is 6.81. The van der Waals surface area contributed by atoms with Gasteiger partial charge in [0.05, 0.1) is 5.02 Å². The molecule has 0 unspecified atom stereocenters. The fourth-order valence-corrected chi connectivity index (χ4v) is 2.45. The van der Waals surface area contributed by atoms with E-state index >= 15 is 0 Å². The van der Waals surface area contributed by atoms with Gasteiger partial charge in [-0.15, -0.1) is 0 Å². The Hall–Kier alpha value is -2.14. The lowest BCUT2D eigenvalue weighted by molar-refractivity contribution is 0.628. The van der Waals surface area contributed by atoms with Crippen LogP contribution in [0.5, 0.6) is 0 Å². The number of fused-ring (bicyclic) bond motifs is 1. The maximum Gasteiger partial charge on any atom is 0.158 e. The predicted octanol–water partition coefficient (Wildman–Crippen LogP) is 3.95. The Balaban J connectivity index is 2.07. The summed E-state index contributed by atoms with van der Waals surface area (Å²) in [6.45, 7) is 5.91. The van der Waals surface area contributed by atoms with Gasteiger partial charge >= 0.3 is 0 Å². The van der Waals surface area contributed by atoms with Crippen LogP contribution in [0.3, 0.4) is 0 Å². The first-order chi connectivity index (χ1) is 10.1. The van der Waals surface area contributed by atoms with Crippen molar-refractivity contribution in [3.63, 3.8) is 0 Å². The largest absolute Gasteiger partial charge is 0.338 e. The lowest BCUT2D eigenvalue weighted by Crippen LogP contribution is -2.00. The first-order valence-electron chi connectivity index (χ1n) is 6.43. The quantitative estimate of drug-likeness (QED) is 0.796. The van der Waals surface area contributed by atoms with Gasteiger partial charge in [0.25, 0.3) is 0 Å². The molecule has 1 aromatic carbocycles. The molecule has 4 nitrogen and oxygen atoms in total. The van der Waals surface area contributed by atoms with Crippen molar-refractivity contribution in [1.29, 1.82) is 0 Å². The summed E-state index contributed by atoms with van der Waals surface area (Å²) >= 11 is 5.79. The minimum Gasteiger partial charge on any atom is -0.338 e. The summed E-state index contributed by atoms with van der Waals surface area (Å²) in [5, 5.41) is 7.41. The SMILES string of the molecule is [CH2]Cc1cn2ncnc(Nc3ccc(F)c(Cl)c3)c2c1C. The average molecular weight is 304 g/mol. The Bertz CT molecular complexity index is 813. The standard InChI is InChI=1S/C15H13ClFN4/c1-3-10-7-21-14(9(10)2)15(18-8-19-21)20-11-4-5-13(17)12(16)6-11/h4-8H,1,3H2,2H3,(H,18,19,20). The fourth-order valence-electron chi connectivity index (χ4n) is 2.26. The van der Waals surface area contributed by atoms with Crippen LogP contribution in [0.4, 0.5) is 15.9 Å². The topological polar surface area (TPSA) is 42.2 Å². The molecule has 1 N–H and O–H groups in total. The molecule has 21 heavy (non-hydrogen) atoms. The van der Waals surface area contributed by atoms with Crippen LogP contribution in [-0.2, 0) is 6.42 Å². The number of halogens is 2. The molecule has 2 heterocycles. The van der Waals surface area contributed by atoms with Crippen molar-refractivity contribution in [3.05, 3.63) is 59.6 Å². The second kappa shape index (κ2) is 5.33. The van der Waals surface area contributed by atoms with E-state index in [1.807, 2.05) is 13.1 Å². The Morgan fingerprint density at radius 2 is 2.24 bits per heavy atom. The number of benzene rings is 1. The van der Waals surface area contributed by atoms with Crippen LogP contribution in [0.25, 0.3) is 5.52 Å². The van der Waals surface area contributed by atoms with Crippen LogP contribution in [0.15, 0.2) is 30.7 Å². The number of hydrogen-bond donors (Lipinski definition) is 1. The van der Waals surface area contributed by atoms with Crippen LogP contribution in [0.2, 0.25) is 5.02 Å². The molecule has 0 amide bonds. The molecule has 0 atom stereocenters. The van der Waals surface area contributed by atoms with Gasteiger partial charge in [0, 0.05) is 11.9 Å². The summed E-state index contributed by atoms with van der Waals surface area (Å²) in [7, 11) is 0. The summed E-state index contributed by atoms with van der Waals surface area (Å²) in [5.74, 6) is 0.193. The van der Waals surface area contributed by atoms with Crippen LogP contribution >= 0.6 is 11.6 Å². The molecule has 0 fully saturated rings. The minimum atomic E-state index is -0.451. The van der Waals surface area contributed by atoms with E-state index in [1.54, 1.807) is 10.6 Å². The van der Waals surface area contributed by atoms with Crippen molar-refractivity contribution in [1.82, 2.24) is 14.6 Å². The van der Waals surface area contributed by atoms with Crippen LogP contribution in [0, 0.1) is 19.7 Å². The molecule has 3 aromatic rings. The molecule has 0 saturated heterocycles. The van der Waals surface area contributed by atoms with Gasteiger partial charge in [-0.05, 0) is 49.6 Å². The summed E-state index contributed by atoms with van der Waals surface area (Å²) in [6, 6.07) is 4.45. The Kier molecular flexibility index (Phi) is 3.51. The molecule has 6 heteroatoms. The Morgan fingerprint density at radius 1 is 1.43 bits per heavy atom. The van der Waals surface area contributed by atoms with E-state index in [9.17, 15) is 4.39 Å². The maximum absolute atomic E-state index is 13.2. The zero-order chi connectivity index (χ0) is 15.0. The Labute approximate surface area is 126 Å². The van der Waals surface area contributed by atoms with E-state index < -0.39 is 5.82 Å². The zero-order valence-electron chi connectivity index (χ0n) is 11.4. The highest BCUT2D eigenvalue weighted by Gasteiger charge is 2.12. The Morgan fingerprint density at radius 3 is 2.95 bits per heavy atom. The lowest BCUT2D eigenvalue weighted by Gasteiger charge is -2.08. The van der Waals surface area contributed by atoms with E-state index in [2.05, 4.69) is 22.3 Å². The van der Waals surface area contributed by atoms with Gasteiger partial charge in [-0.25, -0.2) is 13.9 Å². The molecular weight excluding hydrogens is 291 g/mol. The molecule has 0 spiro atoms. The second-order valence-electron chi connectivity index (χ2n) is 4.69. The second-order valence-corrected chi connectivity index (χ2v) is 5.09. The molecular formula is C15H13ClFN4. The highest BCUT2D eigenvalue weighted by Crippen LogP contribution is 2.27. The molecule has 0 aliphatic carbocycles. The van der Waals surface area contributed by atoms with Crippen molar-refractivity contribution in [2.45, 2.75) is 13.3 Å². The van der Waals surface area contributed by atoms with Crippen LogP contribution in [-0.4, -0.2) is 14.6 Å². The predicted molar refractivity (Wildman–Crippen MR) is 81.5 cm³/mol. The summed E-state index contributed by atoms with van der Waals surface area (Å²) in [4.78, 5) is 4.26.